The lowest BCUT2D eigenvalue weighted by molar-refractivity contribution is -0.114. The van der Waals surface area contributed by atoms with E-state index in [9.17, 15) is 4.79 Å². The first-order chi connectivity index (χ1) is 19.1. The van der Waals surface area contributed by atoms with Crippen molar-refractivity contribution in [2.75, 3.05) is 5.32 Å². The van der Waals surface area contributed by atoms with Gasteiger partial charge in [-0.1, -0.05) is 127 Å². The molecule has 0 aromatic heterocycles. The first-order valence-electron chi connectivity index (χ1n) is 13.3. The van der Waals surface area contributed by atoms with Gasteiger partial charge in [-0.25, -0.2) is 0 Å². The van der Waals surface area contributed by atoms with Crippen LogP contribution in [0.3, 0.4) is 0 Å². The highest BCUT2D eigenvalue weighted by molar-refractivity contribution is 6.22. The van der Waals surface area contributed by atoms with Crippen LogP contribution in [-0.2, 0) is 4.79 Å². The molecule has 188 valence electrons. The van der Waals surface area contributed by atoms with Crippen LogP contribution in [0.15, 0.2) is 133 Å². The van der Waals surface area contributed by atoms with Crippen molar-refractivity contribution in [3.05, 3.63) is 139 Å². The van der Waals surface area contributed by atoms with Gasteiger partial charge in [0.2, 0.25) is 5.91 Å². The van der Waals surface area contributed by atoms with Crippen LogP contribution >= 0.6 is 0 Å². The summed E-state index contributed by atoms with van der Waals surface area (Å²) >= 11 is 0. The summed E-state index contributed by atoms with van der Waals surface area (Å²) in [5, 5.41) is 5.33. The largest absolute Gasteiger partial charge is 0.326 e. The summed E-state index contributed by atoms with van der Waals surface area (Å²) in [7, 11) is 0. The van der Waals surface area contributed by atoms with Gasteiger partial charge in [-0.3, -0.25) is 4.79 Å². The molecule has 6 aromatic rings. The molecule has 0 atom stereocenters. The van der Waals surface area contributed by atoms with E-state index in [0.29, 0.717) is 0 Å². The van der Waals surface area contributed by atoms with E-state index >= 15 is 0 Å². The van der Waals surface area contributed by atoms with Crippen LogP contribution in [0.25, 0.3) is 55.3 Å². The molecule has 39 heavy (non-hydrogen) atoms. The minimum Gasteiger partial charge on any atom is -0.326 e. The molecule has 0 unspecified atom stereocenters. The fraction of sp³-hybridized carbons (Fsp3) is 0.0541. The smallest absolute Gasteiger partial charge is 0.221 e. The van der Waals surface area contributed by atoms with Crippen LogP contribution in [0.4, 0.5) is 5.69 Å². The lowest BCUT2D eigenvalue weighted by Gasteiger charge is -2.26. The summed E-state index contributed by atoms with van der Waals surface area (Å²) in [6.07, 6.45) is 0. The number of aryl methyl sites for hydroxylation is 1. The molecule has 6 rings (SSSR count). The van der Waals surface area contributed by atoms with Crippen molar-refractivity contribution in [2.45, 2.75) is 13.8 Å². The minimum atomic E-state index is -0.0874. The number of carbonyl (C=O) groups is 1. The molecule has 0 saturated carbocycles. The molecule has 0 aliphatic carbocycles. The molecule has 6 aromatic carbocycles. The highest BCUT2D eigenvalue weighted by atomic mass is 16.1. The third-order valence-corrected chi connectivity index (χ3v) is 7.11. The standard InChI is InChI=1S/C37H29NO/c1-25-23-31-33(27-15-7-3-8-16-27)34(28-17-9-4-10-18-28)35(29-19-11-5-12-20-29)36(30-21-13-6-14-22-30)37(31)32(24-25)38-26(2)39/h3-24H,1-2H3,(H,38,39). The number of nitrogens with one attached hydrogen (secondary N) is 1. The number of amides is 1. The maximum Gasteiger partial charge on any atom is 0.221 e. The first kappa shape index (κ1) is 24.4. The van der Waals surface area contributed by atoms with E-state index in [-0.39, 0.29) is 5.91 Å². The molecule has 0 radical (unpaired) electrons. The van der Waals surface area contributed by atoms with Gasteiger partial charge in [-0.05, 0) is 62.9 Å². The van der Waals surface area contributed by atoms with Gasteiger partial charge >= 0.3 is 0 Å². The highest BCUT2D eigenvalue weighted by Crippen LogP contribution is 2.52. The van der Waals surface area contributed by atoms with Crippen LogP contribution < -0.4 is 5.32 Å². The van der Waals surface area contributed by atoms with Crippen LogP contribution in [0, 0.1) is 6.92 Å². The predicted octanol–water partition coefficient (Wildman–Crippen LogP) is 9.77. The van der Waals surface area contributed by atoms with E-state index in [1.807, 2.05) is 6.07 Å². The Bertz CT molecular complexity index is 1770. The van der Waals surface area contributed by atoms with Crippen molar-refractivity contribution < 1.29 is 4.79 Å². The predicted molar refractivity (Wildman–Crippen MR) is 165 cm³/mol. The number of hydrogen-bond donors (Lipinski definition) is 1. The Hall–Kier alpha value is -4.95. The summed E-state index contributed by atoms with van der Waals surface area (Å²) in [6.45, 7) is 3.67. The van der Waals surface area contributed by atoms with Gasteiger partial charge in [0.25, 0.3) is 0 Å². The van der Waals surface area contributed by atoms with Gasteiger partial charge in [-0.15, -0.1) is 0 Å². The second-order valence-electron chi connectivity index (χ2n) is 9.88. The third-order valence-electron chi connectivity index (χ3n) is 7.11. The van der Waals surface area contributed by atoms with Crippen molar-refractivity contribution in [1.82, 2.24) is 0 Å². The third kappa shape index (κ3) is 4.62. The van der Waals surface area contributed by atoms with Crippen molar-refractivity contribution >= 4 is 22.4 Å². The molecule has 0 bridgehead atoms. The molecular formula is C37H29NO. The summed E-state index contributed by atoms with van der Waals surface area (Å²) < 4.78 is 0. The highest BCUT2D eigenvalue weighted by Gasteiger charge is 2.25. The van der Waals surface area contributed by atoms with Crippen LogP contribution in [-0.4, -0.2) is 5.91 Å². The van der Waals surface area contributed by atoms with Crippen molar-refractivity contribution in [3.8, 4) is 44.5 Å². The Balaban J connectivity index is 1.95. The number of fused-ring (bicyclic) bond motifs is 1. The SMILES string of the molecule is CC(=O)Nc1cc(C)cc2c(-c3ccccc3)c(-c3ccccc3)c(-c3ccccc3)c(-c3ccccc3)c12. The van der Waals surface area contributed by atoms with E-state index in [1.54, 1.807) is 6.92 Å². The second-order valence-corrected chi connectivity index (χ2v) is 9.88. The molecule has 2 nitrogen and oxygen atoms in total. The molecule has 0 heterocycles. The van der Waals surface area contributed by atoms with E-state index in [1.165, 1.54) is 5.56 Å². The molecule has 0 aliphatic heterocycles. The zero-order chi connectivity index (χ0) is 26.8. The molecular weight excluding hydrogens is 474 g/mol. The lowest BCUT2D eigenvalue weighted by Crippen LogP contribution is -2.08. The van der Waals surface area contributed by atoms with Crippen LogP contribution in [0.1, 0.15) is 12.5 Å². The monoisotopic (exact) mass is 503 g/mol. The average molecular weight is 504 g/mol. The summed E-state index contributed by atoms with van der Waals surface area (Å²) in [4.78, 5) is 12.5. The Labute approximate surface area is 229 Å². The average Bonchev–Trinajstić information content (AvgIpc) is 2.97. The lowest BCUT2D eigenvalue weighted by atomic mass is 9.78. The number of benzene rings is 6. The molecule has 0 fully saturated rings. The molecule has 0 aliphatic rings. The molecule has 2 heteroatoms. The zero-order valence-electron chi connectivity index (χ0n) is 22.1. The van der Waals surface area contributed by atoms with Gasteiger partial charge < -0.3 is 5.32 Å². The maximum atomic E-state index is 12.5. The molecule has 1 N–H and O–H groups in total. The van der Waals surface area contributed by atoms with E-state index in [0.717, 1.165) is 61.0 Å². The van der Waals surface area contributed by atoms with Crippen molar-refractivity contribution in [2.24, 2.45) is 0 Å². The van der Waals surface area contributed by atoms with E-state index in [4.69, 9.17) is 0 Å². The van der Waals surface area contributed by atoms with Crippen molar-refractivity contribution in [3.63, 3.8) is 0 Å². The van der Waals surface area contributed by atoms with Crippen LogP contribution in [0.2, 0.25) is 0 Å². The Morgan fingerprint density at radius 1 is 0.513 bits per heavy atom. The number of carbonyl (C=O) groups excluding carboxylic acids is 1. The Morgan fingerprint density at radius 3 is 1.33 bits per heavy atom. The Morgan fingerprint density at radius 2 is 0.897 bits per heavy atom. The van der Waals surface area contributed by atoms with Gasteiger partial charge in [0.05, 0.1) is 0 Å². The van der Waals surface area contributed by atoms with E-state index in [2.05, 4.69) is 140 Å². The van der Waals surface area contributed by atoms with Crippen LogP contribution in [0.5, 0.6) is 0 Å². The molecule has 0 spiro atoms. The van der Waals surface area contributed by atoms with Gasteiger partial charge in [0, 0.05) is 23.6 Å². The summed E-state index contributed by atoms with van der Waals surface area (Å²) in [5.74, 6) is -0.0874. The number of rotatable bonds is 5. The zero-order valence-corrected chi connectivity index (χ0v) is 22.1. The van der Waals surface area contributed by atoms with Gasteiger partial charge in [-0.2, -0.15) is 0 Å². The number of hydrogen-bond acceptors (Lipinski definition) is 1. The minimum absolute atomic E-state index is 0.0874. The van der Waals surface area contributed by atoms with Crippen molar-refractivity contribution in [1.29, 1.82) is 0 Å². The quantitative estimate of drug-likeness (QED) is 0.249. The molecule has 0 saturated heterocycles. The Kier molecular flexibility index (Phi) is 6.52. The molecule has 1 amide bonds. The normalized spacial score (nSPS) is 10.9. The summed E-state index contributed by atoms with van der Waals surface area (Å²) in [5.41, 5.74) is 11.0. The first-order valence-corrected chi connectivity index (χ1v) is 13.3. The fourth-order valence-corrected chi connectivity index (χ4v) is 5.64. The van der Waals surface area contributed by atoms with Gasteiger partial charge in [0.15, 0.2) is 0 Å². The topological polar surface area (TPSA) is 29.1 Å². The number of anilines is 1. The maximum absolute atomic E-state index is 12.5. The van der Waals surface area contributed by atoms with E-state index < -0.39 is 0 Å². The van der Waals surface area contributed by atoms with Gasteiger partial charge in [0.1, 0.15) is 0 Å². The summed E-state index contributed by atoms with van der Waals surface area (Å²) in [6, 6.07) is 46.7. The fourth-order valence-electron chi connectivity index (χ4n) is 5.64. The second kappa shape index (κ2) is 10.4.